The lowest BCUT2D eigenvalue weighted by Gasteiger charge is -2.41. The maximum Gasteiger partial charge on any atom is 0.274 e. The molecule has 0 spiro atoms. The molecule has 1 N–H and O–H groups in total. The van der Waals surface area contributed by atoms with Crippen molar-refractivity contribution < 1.29 is 14.4 Å². The highest BCUT2D eigenvalue weighted by atomic mass is 16.2. The van der Waals surface area contributed by atoms with Crippen LogP contribution in [0.3, 0.4) is 0 Å². The Hall–Kier alpha value is -2.42. The van der Waals surface area contributed by atoms with Crippen LogP contribution in [0.5, 0.6) is 0 Å². The summed E-state index contributed by atoms with van der Waals surface area (Å²) in [5.41, 5.74) is -0.400. The van der Waals surface area contributed by atoms with Crippen LogP contribution in [0.25, 0.3) is 0 Å². The van der Waals surface area contributed by atoms with Crippen LogP contribution in [0.4, 0.5) is 0 Å². The van der Waals surface area contributed by atoms with E-state index in [0.717, 1.165) is 51.7 Å². The molecule has 1 atom stereocenters. The summed E-state index contributed by atoms with van der Waals surface area (Å²) in [7, 11) is 1.67. The van der Waals surface area contributed by atoms with Crippen molar-refractivity contribution in [2.24, 2.45) is 0 Å². The molecule has 3 aliphatic rings. The Balaban J connectivity index is 1.47. The summed E-state index contributed by atoms with van der Waals surface area (Å²) in [5, 5.41) is 7.68. The van der Waals surface area contributed by atoms with Crippen LogP contribution in [0.1, 0.15) is 79.8 Å². The fraction of sp³-hybridized carbons (Fsp3) is 0.750. The third-order valence-corrected chi connectivity index (χ3v) is 7.60. The van der Waals surface area contributed by atoms with Gasteiger partial charge >= 0.3 is 0 Å². The first-order valence-electron chi connectivity index (χ1n) is 12.5. The van der Waals surface area contributed by atoms with Gasteiger partial charge in [-0.3, -0.25) is 24.0 Å². The van der Waals surface area contributed by atoms with Gasteiger partial charge in [0, 0.05) is 45.3 Å². The van der Waals surface area contributed by atoms with Crippen LogP contribution < -0.4 is 5.32 Å². The predicted octanol–water partition coefficient (Wildman–Crippen LogP) is 1.73. The zero-order chi connectivity index (χ0) is 23.6. The molecule has 0 radical (unpaired) electrons. The van der Waals surface area contributed by atoms with Crippen molar-refractivity contribution in [2.45, 2.75) is 76.9 Å². The minimum absolute atomic E-state index is 0.145. The molecular formula is C24H38N6O3. The van der Waals surface area contributed by atoms with Crippen molar-refractivity contribution in [3.63, 3.8) is 0 Å². The zero-order valence-electron chi connectivity index (χ0n) is 20.3. The second kappa shape index (κ2) is 9.83. The Kier molecular flexibility index (Phi) is 7.07. The molecule has 3 heterocycles. The van der Waals surface area contributed by atoms with Gasteiger partial charge in [-0.15, -0.1) is 0 Å². The summed E-state index contributed by atoms with van der Waals surface area (Å²) in [6.07, 6.45) is 7.74. The van der Waals surface area contributed by atoms with Crippen molar-refractivity contribution >= 4 is 17.7 Å². The Bertz CT molecular complexity index is 883. The fourth-order valence-corrected chi connectivity index (χ4v) is 5.25. The summed E-state index contributed by atoms with van der Waals surface area (Å²) in [6.45, 7) is 8.26. The van der Waals surface area contributed by atoms with Crippen LogP contribution in [0.15, 0.2) is 6.07 Å². The number of hydrogen-bond acceptors (Lipinski definition) is 5. The second-order valence-electron chi connectivity index (χ2n) is 10.0. The summed E-state index contributed by atoms with van der Waals surface area (Å²) < 4.78 is 1.55. The normalized spacial score (nSPS) is 25.0. The van der Waals surface area contributed by atoms with Crippen LogP contribution in [-0.4, -0.2) is 93.6 Å². The maximum absolute atomic E-state index is 13.3. The first kappa shape index (κ1) is 23.7. The van der Waals surface area contributed by atoms with Gasteiger partial charge in [0.05, 0.1) is 6.54 Å². The molecule has 9 heteroatoms. The average Bonchev–Trinajstić information content (AvgIpc) is 3.06. The molecule has 4 rings (SSSR count). The minimum Gasteiger partial charge on any atom is -0.351 e. The van der Waals surface area contributed by atoms with Gasteiger partial charge in [-0.2, -0.15) is 5.10 Å². The molecule has 1 saturated heterocycles. The number of nitrogens with zero attached hydrogens (tertiary/aromatic N) is 5. The van der Waals surface area contributed by atoms with Gasteiger partial charge in [-0.1, -0.05) is 32.6 Å². The molecule has 1 aromatic heterocycles. The van der Waals surface area contributed by atoms with E-state index in [-0.39, 0.29) is 36.0 Å². The van der Waals surface area contributed by atoms with E-state index < -0.39 is 5.54 Å². The smallest absolute Gasteiger partial charge is 0.274 e. The summed E-state index contributed by atoms with van der Waals surface area (Å²) in [5.74, 6) is -0.571. The number of piperazine rings is 1. The van der Waals surface area contributed by atoms with E-state index in [1.807, 2.05) is 4.90 Å². The van der Waals surface area contributed by atoms with E-state index in [1.165, 1.54) is 17.7 Å². The SMILES string of the molecule is CCCN1CCN(C(=O)c2cc3n(n2)CC(C)(C(=O)NC2CCCCCC2)N(C)C3=O)CC1. The topological polar surface area (TPSA) is 90.8 Å². The van der Waals surface area contributed by atoms with Crippen LogP contribution >= 0.6 is 0 Å². The van der Waals surface area contributed by atoms with E-state index in [1.54, 1.807) is 24.7 Å². The highest BCUT2D eigenvalue weighted by molar-refractivity contribution is 6.01. The Morgan fingerprint density at radius 3 is 2.42 bits per heavy atom. The highest BCUT2D eigenvalue weighted by Crippen LogP contribution is 2.27. The fourth-order valence-electron chi connectivity index (χ4n) is 5.25. The molecule has 1 aromatic rings. The van der Waals surface area contributed by atoms with E-state index in [0.29, 0.717) is 18.8 Å². The molecule has 33 heavy (non-hydrogen) atoms. The molecule has 182 valence electrons. The van der Waals surface area contributed by atoms with Crippen LogP contribution in [0.2, 0.25) is 0 Å². The van der Waals surface area contributed by atoms with E-state index in [2.05, 4.69) is 22.2 Å². The van der Waals surface area contributed by atoms with Gasteiger partial charge in [-0.25, -0.2) is 0 Å². The van der Waals surface area contributed by atoms with Gasteiger partial charge in [0.25, 0.3) is 11.8 Å². The van der Waals surface area contributed by atoms with E-state index in [9.17, 15) is 14.4 Å². The third kappa shape index (κ3) is 4.78. The number of aromatic nitrogens is 2. The lowest BCUT2D eigenvalue weighted by Crippen LogP contribution is -2.63. The lowest BCUT2D eigenvalue weighted by atomic mass is 9.95. The number of carbonyl (C=O) groups excluding carboxylic acids is 3. The lowest BCUT2D eigenvalue weighted by molar-refractivity contribution is -0.133. The number of rotatable bonds is 5. The monoisotopic (exact) mass is 458 g/mol. The standard InChI is InChI=1S/C24H38N6O3/c1-4-11-28-12-14-29(15-13-28)21(31)19-16-20-22(32)27(3)24(2,17-30(20)26-19)23(33)25-18-9-7-5-6-8-10-18/h16,18H,4-15,17H2,1-3H3,(H,25,33). The predicted molar refractivity (Wildman–Crippen MR) is 125 cm³/mol. The molecule has 2 fully saturated rings. The minimum atomic E-state index is -1.05. The largest absolute Gasteiger partial charge is 0.351 e. The molecule has 0 aromatic carbocycles. The zero-order valence-corrected chi connectivity index (χ0v) is 20.3. The van der Waals surface area contributed by atoms with E-state index >= 15 is 0 Å². The van der Waals surface area contributed by atoms with Gasteiger partial charge in [-0.05, 0) is 32.7 Å². The molecular weight excluding hydrogens is 420 g/mol. The number of fused-ring (bicyclic) bond motifs is 1. The number of amides is 3. The molecule has 1 aliphatic carbocycles. The molecule has 2 aliphatic heterocycles. The van der Waals surface area contributed by atoms with Crippen molar-refractivity contribution in [3.8, 4) is 0 Å². The molecule has 1 unspecified atom stereocenters. The quantitative estimate of drug-likeness (QED) is 0.679. The van der Waals surface area contributed by atoms with Gasteiger partial charge in [0.15, 0.2) is 5.69 Å². The van der Waals surface area contributed by atoms with Gasteiger partial charge in [0.2, 0.25) is 5.91 Å². The number of carbonyl (C=O) groups is 3. The number of nitrogens with one attached hydrogen (secondary N) is 1. The van der Waals surface area contributed by atoms with Crippen molar-refractivity contribution in [1.82, 2.24) is 29.8 Å². The molecule has 1 saturated carbocycles. The molecule has 3 amide bonds. The average molecular weight is 459 g/mol. The Morgan fingerprint density at radius 2 is 1.79 bits per heavy atom. The van der Waals surface area contributed by atoms with Crippen LogP contribution in [-0.2, 0) is 11.3 Å². The van der Waals surface area contributed by atoms with Gasteiger partial charge < -0.3 is 15.1 Å². The maximum atomic E-state index is 13.3. The first-order valence-corrected chi connectivity index (χ1v) is 12.5. The Labute approximate surface area is 196 Å². The number of likely N-dealkylation sites (N-methyl/N-ethyl adjacent to an activating group) is 1. The Morgan fingerprint density at radius 1 is 1.12 bits per heavy atom. The second-order valence-corrected chi connectivity index (χ2v) is 10.0. The van der Waals surface area contributed by atoms with Crippen molar-refractivity contribution in [1.29, 1.82) is 0 Å². The number of hydrogen-bond donors (Lipinski definition) is 1. The van der Waals surface area contributed by atoms with Crippen LogP contribution in [0, 0.1) is 0 Å². The summed E-state index contributed by atoms with van der Waals surface area (Å²) >= 11 is 0. The van der Waals surface area contributed by atoms with Crippen molar-refractivity contribution in [2.75, 3.05) is 39.8 Å². The molecule has 0 bridgehead atoms. The summed E-state index contributed by atoms with van der Waals surface area (Å²) in [4.78, 5) is 45.2. The highest BCUT2D eigenvalue weighted by Gasteiger charge is 2.47. The van der Waals surface area contributed by atoms with Crippen molar-refractivity contribution in [3.05, 3.63) is 17.5 Å². The molecule has 9 nitrogen and oxygen atoms in total. The third-order valence-electron chi connectivity index (χ3n) is 7.60. The first-order chi connectivity index (χ1) is 15.8. The van der Waals surface area contributed by atoms with Gasteiger partial charge in [0.1, 0.15) is 11.2 Å². The summed E-state index contributed by atoms with van der Waals surface area (Å²) in [6, 6.07) is 1.74. The van der Waals surface area contributed by atoms with E-state index in [4.69, 9.17) is 0 Å².